The molecular weight excluding hydrogens is 356 g/mol. The molecule has 0 atom stereocenters. The lowest BCUT2D eigenvalue weighted by atomic mass is 9.95. The minimum Gasteiger partial charge on any atom is -0.462 e. The smallest absolute Gasteiger partial charge is 0.341 e. The molecule has 1 aliphatic carbocycles. The van der Waals surface area contributed by atoms with Crippen molar-refractivity contribution in [2.24, 2.45) is 7.05 Å². The number of aryl methyl sites for hydroxylation is 3. The van der Waals surface area contributed by atoms with Crippen molar-refractivity contribution in [1.29, 1.82) is 0 Å². The number of esters is 1. The summed E-state index contributed by atoms with van der Waals surface area (Å²) in [5.74, 6) is -0.273. The molecule has 0 aliphatic heterocycles. The number of fused-ring (bicyclic) bond motifs is 1. The third-order valence-electron chi connectivity index (χ3n) is 4.14. The SMILES string of the molecule is CCOC(=O)c1c(NC(=S)Nc2cn(C)nc2C)sc2c1CCCC2. The lowest BCUT2D eigenvalue weighted by Crippen LogP contribution is -2.20. The zero-order valence-corrected chi connectivity index (χ0v) is 16.3. The maximum atomic E-state index is 12.5. The number of ether oxygens (including phenoxy) is 1. The number of rotatable bonds is 4. The van der Waals surface area contributed by atoms with Gasteiger partial charge in [-0.2, -0.15) is 5.10 Å². The number of nitrogens with one attached hydrogen (secondary N) is 2. The van der Waals surface area contributed by atoms with Crippen molar-refractivity contribution < 1.29 is 9.53 Å². The number of hydrogen-bond donors (Lipinski definition) is 2. The Morgan fingerprint density at radius 3 is 2.84 bits per heavy atom. The molecule has 3 rings (SSSR count). The normalized spacial score (nSPS) is 13.2. The van der Waals surface area contributed by atoms with Crippen LogP contribution in [0, 0.1) is 6.92 Å². The highest BCUT2D eigenvalue weighted by molar-refractivity contribution is 7.80. The Kier molecular flexibility index (Phi) is 5.39. The van der Waals surface area contributed by atoms with E-state index in [1.807, 2.05) is 27.1 Å². The van der Waals surface area contributed by atoms with Crippen LogP contribution < -0.4 is 10.6 Å². The average molecular weight is 379 g/mol. The van der Waals surface area contributed by atoms with E-state index < -0.39 is 0 Å². The van der Waals surface area contributed by atoms with Crippen LogP contribution in [0.25, 0.3) is 0 Å². The molecule has 6 nitrogen and oxygen atoms in total. The quantitative estimate of drug-likeness (QED) is 0.625. The van der Waals surface area contributed by atoms with Gasteiger partial charge in [0, 0.05) is 18.1 Å². The molecule has 0 fully saturated rings. The van der Waals surface area contributed by atoms with Gasteiger partial charge in [-0.05, 0) is 57.3 Å². The van der Waals surface area contributed by atoms with Crippen LogP contribution in [0.3, 0.4) is 0 Å². The van der Waals surface area contributed by atoms with Crippen molar-refractivity contribution in [1.82, 2.24) is 9.78 Å². The van der Waals surface area contributed by atoms with Crippen molar-refractivity contribution >= 4 is 45.3 Å². The van der Waals surface area contributed by atoms with E-state index in [1.165, 1.54) is 4.88 Å². The fraction of sp³-hybridized carbons (Fsp3) is 0.471. The lowest BCUT2D eigenvalue weighted by Gasteiger charge is -2.13. The lowest BCUT2D eigenvalue weighted by molar-refractivity contribution is 0.0526. The van der Waals surface area contributed by atoms with Gasteiger partial charge in [0.25, 0.3) is 0 Å². The van der Waals surface area contributed by atoms with E-state index in [0.717, 1.165) is 47.6 Å². The van der Waals surface area contributed by atoms with Crippen molar-refractivity contribution in [3.63, 3.8) is 0 Å². The van der Waals surface area contributed by atoms with Gasteiger partial charge in [0.1, 0.15) is 5.00 Å². The van der Waals surface area contributed by atoms with Crippen LogP contribution in [0.5, 0.6) is 0 Å². The van der Waals surface area contributed by atoms with E-state index in [0.29, 0.717) is 17.3 Å². The van der Waals surface area contributed by atoms with Crippen LogP contribution in [-0.2, 0) is 24.6 Å². The molecule has 0 unspecified atom stereocenters. The van der Waals surface area contributed by atoms with Crippen LogP contribution >= 0.6 is 23.6 Å². The highest BCUT2D eigenvalue weighted by Crippen LogP contribution is 2.38. The molecule has 0 spiro atoms. The largest absolute Gasteiger partial charge is 0.462 e. The maximum absolute atomic E-state index is 12.5. The third-order valence-corrected chi connectivity index (χ3v) is 5.55. The Labute approximate surface area is 156 Å². The summed E-state index contributed by atoms with van der Waals surface area (Å²) in [7, 11) is 1.86. The molecule has 0 saturated carbocycles. The van der Waals surface area contributed by atoms with Crippen LogP contribution in [-0.4, -0.2) is 27.5 Å². The van der Waals surface area contributed by atoms with Gasteiger partial charge in [-0.25, -0.2) is 4.79 Å². The summed E-state index contributed by atoms with van der Waals surface area (Å²) in [6.45, 7) is 4.10. The van der Waals surface area contributed by atoms with Gasteiger partial charge in [0.2, 0.25) is 0 Å². The second-order valence-electron chi connectivity index (χ2n) is 6.02. The number of nitrogens with zero attached hydrogens (tertiary/aromatic N) is 2. The summed E-state index contributed by atoms with van der Waals surface area (Å²) >= 11 is 7.04. The first kappa shape index (κ1) is 17.9. The predicted octanol–water partition coefficient (Wildman–Crippen LogP) is 3.65. The molecule has 0 saturated heterocycles. The van der Waals surface area contributed by atoms with Crippen molar-refractivity contribution in [2.75, 3.05) is 17.2 Å². The molecule has 2 aromatic heterocycles. The van der Waals surface area contributed by atoms with Crippen molar-refractivity contribution in [2.45, 2.75) is 39.5 Å². The van der Waals surface area contributed by atoms with Crippen LogP contribution in [0.4, 0.5) is 10.7 Å². The summed E-state index contributed by atoms with van der Waals surface area (Å²) in [5.41, 5.74) is 3.48. The number of hydrogen-bond acceptors (Lipinski definition) is 5. The van der Waals surface area contributed by atoms with Gasteiger partial charge in [0.05, 0.1) is 23.6 Å². The first-order chi connectivity index (χ1) is 12.0. The van der Waals surface area contributed by atoms with E-state index in [9.17, 15) is 4.79 Å². The van der Waals surface area contributed by atoms with E-state index >= 15 is 0 Å². The molecule has 8 heteroatoms. The van der Waals surface area contributed by atoms with Gasteiger partial charge < -0.3 is 15.4 Å². The summed E-state index contributed by atoms with van der Waals surface area (Å²) in [6, 6.07) is 0. The van der Waals surface area contributed by atoms with Gasteiger partial charge >= 0.3 is 5.97 Å². The van der Waals surface area contributed by atoms with Crippen molar-refractivity contribution in [3.8, 4) is 0 Å². The number of anilines is 2. The highest BCUT2D eigenvalue weighted by atomic mass is 32.1. The molecule has 25 heavy (non-hydrogen) atoms. The maximum Gasteiger partial charge on any atom is 0.341 e. The second kappa shape index (κ2) is 7.53. The minimum atomic E-state index is -0.273. The summed E-state index contributed by atoms with van der Waals surface area (Å²) in [5, 5.41) is 11.8. The zero-order chi connectivity index (χ0) is 18.0. The first-order valence-electron chi connectivity index (χ1n) is 8.39. The molecule has 134 valence electrons. The Morgan fingerprint density at radius 2 is 2.16 bits per heavy atom. The highest BCUT2D eigenvalue weighted by Gasteiger charge is 2.26. The van der Waals surface area contributed by atoms with Gasteiger partial charge in [-0.3, -0.25) is 4.68 Å². The molecular formula is C17H22N4O2S2. The minimum absolute atomic E-state index is 0.273. The van der Waals surface area contributed by atoms with Crippen LogP contribution in [0.15, 0.2) is 6.20 Å². The Morgan fingerprint density at radius 1 is 1.40 bits per heavy atom. The molecule has 0 bridgehead atoms. The Hall–Kier alpha value is -1.93. The Balaban J connectivity index is 1.83. The van der Waals surface area contributed by atoms with Crippen LogP contribution in [0.2, 0.25) is 0 Å². The topological polar surface area (TPSA) is 68.2 Å². The van der Waals surface area contributed by atoms with Gasteiger partial charge in [0.15, 0.2) is 5.11 Å². The predicted molar refractivity (Wildman–Crippen MR) is 105 cm³/mol. The number of thiophene rings is 1. The zero-order valence-electron chi connectivity index (χ0n) is 14.6. The van der Waals surface area contributed by atoms with E-state index in [-0.39, 0.29) is 5.97 Å². The fourth-order valence-electron chi connectivity index (χ4n) is 3.05. The van der Waals surface area contributed by atoms with Gasteiger partial charge in [-0.15, -0.1) is 11.3 Å². The number of aromatic nitrogens is 2. The Bertz CT molecular complexity index is 810. The molecule has 0 aromatic carbocycles. The average Bonchev–Trinajstić information content (AvgIpc) is 3.06. The van der Waals surface area contributed by atoms with E-state index in [4.69, 9.17) is 17.0 Å². The molecule has 1 aliphatic rings. The van der Waals surface area contributed by atoms with Gasteiger partial charge in [-0.1, -0.05) is 0 Å². The van der Waals surface area contributed by atoms with Crippen LogP contribution in [0.1, 0.15) is 46.3 Å². The second-order valence-corrected chi connectivity index (χ2v) is 7.53. The molecule has 2 aromatic rings. The summed E-state index contributed by atoms with van der Waals surface area (Å²) in [6.07, 6.45) is 6.06. The summed E-state index contributed by atoms with van der Waals surface area (Å²) in [4.78, 5) is 13.7. The molecule has 0 radical (unpaired) electrons. The molecule has 2 N–H and O–H groups in total. The van der Waals surface area contributed by atoms with E-state index in [1.54, 1.807) is 16.0 Å². The summed E-state index contributed by atoms with van der Waals surface area (Å²) < 4.78 is 7.00. The fourth-order valence-corrected chi connectivity index (χ4v) is 4.61. The molecule has 2 heterocycles. The van der Waals surface area contributed by atoms with Crippen molar-refractivity contribution in [3.05, 3.63) is 27.9 Å². The third kappa shape index (κ3) is 3.85. The van der Waals surface area contributed by atoms with E-state index in [2.05, 4.69) is 15.7 Å². The number of carbonyl (C=O) groups is 1. The number of carbonyl (C=O) groups excluding carboxylic acids is 1. The first-order valence-corrected chi connectivity index (χ1v) is 9.62. The molecule has 0 amide bonds. The standard InChI is InChI=1S/C17H22N4O2S2/c1-4-23-16(22)14-11-7-5-6-8-13(11)25-15(14)19-17(24)18-12-9-21(3)20-10(12)2/h9H,4-8H2,1-3H3,(H2,18,19,24). The number of thiocarbonyl (C=S) groups is 1. The monoisotopic (exact) mass is 378 g/mol.